The fourth-order valence-electron chi connectivity index (χ4n) is 1.12. The quantitative estimate of drug-likeness (QED) is 0.831. The molecule has 0 aliphatic carbocycles. The lowest BCUT2D eigenvalue weighted by Gasteiger charge is -2.10. The first-order valence-electron chi connectivity index (χ1n) is 4.91. The van der Waals surface area contributed by atoms with Crippen LogP contribution in [0, 0.1) is 5.82 Å². The number of carbonyl (C=O) groups is 1. The summed E-state index contributed by atoms with van der Waals surface area (Å²) in [5.74, 6) is -1.20. The molecule has 0 spiro atoms. The molecule has 100 valence electrons. The first kappa shape index (κ1) is 14.7. The Morgan fingerprint density at radius 1 is 1.44 bits per heavy atom. The number of halogens is 2. The Balaban J connectivity index is 2.97. The van der Waals surface area contributed by atoms with Crippen LogP contribution >= 0.6 is 11.6 Å². The van der Waals surface area contributed by atoms with Crippen LogP contribution in [-0.2, 0) is 14.8 Å². The van der Waals surface area contributed by atoms with Crippen molar-refractivity contribution in [1.82, 2.24) is 0 Å². The Morgan fingerprint density at radius 2 is 2.06 bits per heavy atom. The van der Waals surface area contributed by atoms with Gasteiger partial charge in [0.05, 0.1) is 11.9 Å². The number of sulfonamides is 1. The highest BCUT2D eigenvalue weighted by molar-refractivity contribution is 7.92. The monoisotopic (exact) mass is 294 g/mol. The van der Waals surface area contributed by atoms with Crippen molar-refractivity contribution in [3.8, 4) is 0 Å². The van der Waals surface area contributed by atoms with Crippen molar-refractivity contribution in [3.63, 3.8) is 0 Å². The molecule has 1 rings (SSSR count). The molecular weight excluding hydrogens is 283 g/mol. The predicted octanol–water partition coefficient (Wildman–Crippen LogP) is 1.76. The van der Waals surface area contributed by atoms with E-state index in [0.717, 1.165) is 12.3 Å². The second kappa shape index (κ2) is 5.53. The third kappa shape index (κ3) is 4.50. The van der Waals surface area contributed by atoms with Gasteiger partial charge in [0.25, 0.3) is 0 Å². The highest BCUT2D eigenvalue weighted by Gasteiger charge is 2.12. The lowest BCUT2D eigenvalue weighted by Crippen LogP contribution is -2.20. The summed E-state index contributed by atoms with van der Waals surface area (Å²) >= 11 is 5.56. The Kier molecular flexibility index (Phi) is 4.53. The van der Waals surface area contributed by atoms with Crippen LogP contribution in [0.5, 0.6) is 0 Å². The van der Waals surface area contributed by atoms with E-state index in [9.17, 15) is 17.6 Å². The lowest BCUT2D eigenvalue weighted by molar-refractivity contribution is -0.115. The molecule has 1 atom stereocenters. The second-order valence-electron chi connectivity index (χ2n) is 3.67. The van der Waals surface area contributed by atoms with Gasteiger partial charge >= 0.3 is 0 Å². The fraction of sp³-hybridized carbons (Fsp3) is 0.300. The number of carbonyl (C=O) groups excluding carboxylic acids is 1. The minimum absolute atomic E-state index is 0.238. The normalized spacial score (nSPS) is 12.9. The molecule has 8 heteroatoms. The van der Waals surface area contributed by atoms with Crippen LogP contribution in [0.4, 0.5) is 15.8 Å². The summed E-state index contributed by atoms with van der Waals surface area (Å²) in [7, 11) is -3.59. The SMILES string of the molecule is CC(Cl)C(=O)Nc1ccc(F)c(NS(C)(=O)=O)c1. The molecule has 0 saturated heterocycles. The van der Waals surface area contributed by atoms with Gasteiger partial charge in [-0.2, -0.15) is 0 Å². The van der Waals surface area contributed by atoms with E-state index >= 15 is 0 Å². The number of amides is 1. The summed E-state index contributed by atoms with van der Waals surface area (Å²) in [5, 5.41) is 1.67. The van der Waals surface area contributed by atoms with Crippen LogP contribution in [0.15, 0.2) is 18.2 Å². The minimum Gasteiger partial charge on any atom is -0.325 e. The molecule has 0 fully saturated rings. The van der Waals surface area contributed by atoms with Gasteiger partial charge in [-0.15, -0.1) is 11.6 Å². The van der Waals surface area contributed by atoms with E-state index in [-0.39, 0.29) is 11.4 Å². The van der Waals surface area contributed by atoms with Gasteiger partial charge in [-0.1, -0.05) is 0 Å². The van der Waals surface area contributed by atoms with Crippen LogP contribution in [0.25, 0.3) is 0 Å². The summed E-state index contributed by atoms with van der Waals surface area (Å²) in [6.45, 7) is 1.48. The largest absolute Gasteiger partial charge is 0.325 e. The van der Waals surface area contributed by atoms with Gasteiger partial charge in [0, 0.05) is 5.69 Å². The van der Waals surface area contributed by atoms with E-state index in [4.69, 9.17) is 11.6 Å². The molecule has 1 aromatic rings. The molecule has 1 unspecified atom stereocenters. The number of nitrogens with one attached hydrogen (secondary N) is 2. The van der Waals surface area contributed by atoms with Crippen molar-refractivity contribution < 1.29 is 17.6 Å². The highest BCUT2D eigenvalue weighted by atomic mass is 35.5. The molecule has 0 aliphatic heterocycles. The van der Waals surface area contributed by atoms with Gasteiger partial charge in [-0.25, -0.2) is 12.8 Å². The molecule has 0 heterocycles. The molecule has 18 heavy (non-hydrogen) atoms. The van der Waals surface area contributed by atoms with E-state index in [2.05, 4.69) is 5.32 Å². The van der Waals surface area contributed by atoms with Gasteiger partial charge in [-0.05, 0) is 25.1 Å². The highest BCUT2D eigenvalue weighted by Crippen LogP contribution is 2.20. The number of benzene rings is 1. The fourth-order valence-corrected chi connectivity index (χ4v) is 1.73. The molecule has 1 amide bonds. The maximum atomic E-state index is 13.3. The van der Waals surface area contributed by atoms with Crippen molar-refractivity contribution in [2.45, 2.75) is 12.3 Å². The summed E-state index contributed by atoms with van der Waals surface area (Å²) in [4.78, 5) is 11.3. The van der Waals surface area contributed by atoms with Crippen molar-refractivity contribution in [2.75, 3.05) is 16.3 Å². The van der Waals surface area contributed by atoms with E-state index < -0.39 is 27.1 Å². The maximum absolute atomic E-state index is 13.3. The minimum atomic E-state index is -3.59. The lowest BCUT2D eigenvalue weighted by atomic mass is 10.2. The van der Waals surface area contributed by atoms with Crippen molar-refractivity contribution >= 4 is 38.9 Å². The van der Waals surface area contributed by atoms with Gasteiger partial charge < -0.3 is 5.32 Å². The molecule has 2 N–H and O–H groups in total. The van der Waals surface area contributed by atoms with Crippen LogP contribution in [0.3, 0.4) is 0 Å². The van der Waals surface area contributed by atoms with E-state index in [0.29, 0.717) is 0 Å². The third-order valence-corrected chi connectivity index (χ3v) is 2.68. The predicted molar refractivity (Wildman–Crippen MR) is 68.8 cm³/mol. The average molecular weight is 295 g/mol. The number of alkyl halides is 1. The standard InChI is InChI=1S/C10H12ClFN2O3S/c1-6(11)10(15)13-7-3-4-8(12)9(5-7)14-18(2,16)17/h3-6,14H,1-2H3,(H,13,15). The van der Waals surface area contributed by atoms with Crippen LogP contribution in [0.2, 0.25) is 0 Å². The number of hydrogen-bond acceptors (Lipinski definition) is 3. The summed E-state index contributed by atoms with van der Waals surface area (Å²) < 4.78 is 37.4. The summed E-state index contributed by atoms with van der Waals surface area (Å²) in [6.07, 6.45) is 0.901. The van der Waals surface area contributed by atoms with Gasteiger partial charge in [0.15, 0.2) is 0 Å². The summed E-state index contributed by atoms with van der Waals surface area (Å²) in [5.41, 5.74) is 0.0116. The zero-order chi connectivity index (χ0) is 13.9. The Bertz CT molecular complexity index is 560. The molecular formula is C10H12ClFN2O3S. The smallest absolute Gasteiger partial charge is 0.242 e. The van der Waals surface area contributed by atoms with E-state index in [1.807, 2.05) is 4.72 Å². The molecule has 1 aromatic carbocycles. The van der Waals surface area contributed by atoms with Gasteiger partial charge in [0.2, 0.25) is 15.9 Å². The van der Waals surface area contributed by atoms with Crippen LogP contribution in [0.1, 0.15) is 6.92 Å². The Morgan fingerprint density at radius 3 is 2.56 bits per heavy atom. The molecule has 0 aromatic heterocycles. The third-order valence-electron chi connectivity index (χ3n) is 1.89. The molecule has 0 aliphatic rings. The number of rotatable bonds is 4. The topological polar surface area (TPSA) is 75.3 Å². The van der Waals surface area contributed by atoms with E-state index in [1.54, 1.807) is 0 Å². The van der Waals surface area contributed by atoms with E-state index in [1.165, 1.54) is 19.1 Å². The van der Waals surface area contributed by atoms with Gasteiger partial charge in [0.1, 0.15) is 11.2 Å². The second-order valence-corrected chi connectivity index (χ2v) is 6.08. The molecule has 0 radical (unpaired) electrons. The first-order valence-corrected chi connectivity index (χ1v) is 7.24. The Hall–Kier alpha value is -1.34. The van der Waals surface area contributed by atoms with Crippen molar-refractivity contribution in [3.05, 3.63) is 24.0 Å². The van der Waals surface area contributed by atoms with Crippen molar-refractivity contribution in [1.29, 1.82) is 0 Å². The molecule has 5 nitrogen and oxygen atoms in total. The molecule has 0 saturated carbocycles. The first-order chi connectivity index (χ1) is 8.19. The van der Waals surface area contributed by atoms with Crippen LogP contribution < -0.4 is 10.0 Å². The zero-order valence-corrected chi connectivity index (χ0v) is 11.3. The summed E-state index contributed by atoms with van der Waals surface area (Å²) in [6, 6.07) is 3.52. The van der Waals surface area contributed by atoms with Crippen molar-refractivity contribution in [2.24, 2.45) is 0 Å². The number of anilines is 2. The van der Waals surface area contributed by atoms with Gasteiger partial charge in [-0.3, -0.25) is 9.52 Å². The maximum Gasteiger partial charge on any atom is 0.242 e. The average Bonchev–Trinajstić information content (AvgIpc) is 2.20. The number of hydrogen-bond donors (Lipinski definition) is 2. The molecule has 0 bridgehead atoms. The van der Waals surface area contributed by atoms with Crippen LogP contribution in [-0.4, -0.2) is 26.0 Å². The zero-order valence-electron chi connectivity index (χ0n) is 9.70. The Labute approximate surface area is 109 Å².